The van der Waals surface area contributed by atoms with E-state index in [2.05, 4.69) is 9.97 Å². The van der Waals surface area contributed by atoms with Crippen molar-refractivity contribution in [3.63, 3.8) is 0 Å². The summed E-state index contributed by atoms with van der Waals surface area (Å²) in [5.74, 6) is -1.02. The fourth-order valence-electron chi connectivity index (χ4n) is 1.63. The third kappa shape index (κ3) is 1.79. The number of anilines is 1. The van der Waals surface area contributed by atoms with Crippen LogP contribution in [0.4, 0.5) is 5.82 Å². The molecule has 1 aromatic rings. The van der Waals surface area contributed by atoms with E-state index in [1.54, 1.807) is 0 Å². The number of carbonyl (C=O) groups is 2. The first-order valence-corrected chi connectivity index (χ1v) is 4.72. The molecule has 1 fully saturated rings. The summed E-state index contributed by atoms with van der Waals surface area (Å²) in [7, 11) is 0. The summed E-state index contributed by atoms with van der Waals surface area (Å²) in [6.45, 7) is 0.185. The van der Waals surface area contributed by atoms with Gasteiger partial charge in [-0.3, -0.25) is 19.3 Å². The summed E-state index contributed by atoms with van der Waals surface area (Å²) in [6.07, 6.45) is 1.28. The minimum Gasteiger partial charge on any atom is -0.369 e. The lowest BCUT2D eigenvalue weighted by Crippen LogP contribution is -2.29. The van der Waals surface area contributed by atoms with Crippen LogP contribution in [0.5, 0.6) is 0 Å². The maximum Gasteiger partial charge on any atom is 0.252 e. The van der Waals surface area contributed by atoms with Crippen LogP contribution in [-0.2, 0) is 9.59 Å². The molecular weight excluding hydrogens is 212 g/mol. The highest BCUT2D eigenvalue weighted by atomic mass is 16.2. The Labute approximate surface area is 90.3 Å². The maximum absolute atomic E-state index is 11.6. The monoisotopic (exact) mass is 222 g/mol. The lowest BCUT2D eigenvalue weighted by molar-refractivity contribution is -0.123. The van der Waals surface area contributed by atoms with Gasteiger partial charge in [-0.1, -0.05) is 0 Å². The molecule has 1 aliphatic heterocycles. The molecule has 1 atom stereocenters. The van der Waals surface area contributed by atoms with E-state index in [-0.39, 0.29) is 30.2 Å². The van der Waals surface area contributed by atoms with Crippen molar-refractivity contribution in [1.82, 2.24) is 9.97 Å². The van der Waals surface area contributed by atoms with Gasteiger partial charge in [-0.25, -0.2) is 4.98 Å². The number of H-pyrrole nitrogens is 1. The van der Waals surface area contributed by atoms with Crippen molar-refractivity contribution in [3.05, 3.63) is 22.7 Å². The normalized spacial score (nSPS) is 20.1. The Morgan fingerprint density at radius 2 is 2.31 bits per heavy atom. The third-order valence-electron chi connectivity index (χ3n) is 2.47. The van der Waals surface area contributed by atoms with Crippen LogP contribution < -0.4 is 16.2 Å². The molecule has 0 bridgehead atoms. The Morgan fingerprint density at radius 1 is 1.56 bits per heavy atom. The zero-order chi connectivity index (χ0) is 11.7. The second kappa shape index (κ2) is 3.76. The van der Waals surface area contributed by atoms with Crippen molar-refractivity contribution in [2.24, 2.45) is 11.7 Å². The molecule has 1 saturated heterocycles. The van der Waals surface area contributed by atoms with Crippen LogP contribution in [0.2, 0.25) is 0 Å². The summed E-state index contributed by atoms with van der Waals surface area (Å²) in [5.41, 5.74) is 4.78. The van der Waals surface area contributed by atoms with E-state index in [4.69, 9.17) is 5.73 Å². The standard InChI is InChI=1S/C9H10N4O3/c10-9(16)5-1-8(15)13(3-5)6-2-7(14)12-4-11-6/h2,4-5H,1,3H2,(H2,10,16)(H,11,12,14). The molecule has 1 aliphatic rings. The summed E-state index contributed by atoms with van der Waals surface area (Å²) in [4.78, 5) is 41.1. The minimum absolute atomic E-state index is 0.0732. The Balaban J connectivity index is 2.26. The predicted octanol–water partition coefficient (Wildman–Crippen LogP) is -1.39. The van der Waals surface area contributed by atoms with Crippen molar-refractivity contribution in [1.29, 1.82) is 0 Å². The van der Waals surface area contributed by atoms with Crippen LogP contribution in [0.3, 0.4) is 0 Å². The van der Waals surface area contributed by atoms with Crippen molar-refractivity contribution in [3.8, 4) is 0 Å². The molecule has 0 radical (unpaired) electrons. The van der Waals surface area contributed by atoms with Gasteiger partial charge in [0.15, 0.2) is 0 Å². The van der Waals surface area contributed by atoms with Gasteiger partial charge in [-0.15, -0.1) is 0 Å². The Kier molecular flexibility index (Phi) is 2.43. The van der Waals surface area contributed by atoms with Crippen LogP contribution in [-0.4, -0.2) is 28.3 Å². The first-order valence-electron chi connectivity index (χ1n) is 4.72. The van der Waals surface area contributed by atoms with Crippen LogP contribution in [0.15, 0.2) is 17.2 Å². The SMILES string of the molecule is NC(=O)C1CC(=O)N(c2cc(=O)[nH]cn2)C1. The topological polar surface area (TPSA) is 109 Å². The van der Waals surface area contributed by atoms with Gasteiger partial charge in [0.25, 0.3) is 5.56 Å². The van der Waals surface area contributed by atoms with Gasteiger partial charge in [-0.05, 0) is 0 Å². The zero-order valence-electron chi connectivity index (χ0n) is 8.34. The Bertz CT molecular complexity index is 496. The molecule has 0 spiro atoms. The molecule has 0 saturated carbocycles. The number of primary amides is 1. The molecule has 1 aromatic heterocycles. The smallest absolute Gasteiger partial charge is 0.252 e. The number of aromatic nitrogens is 2. The second-order valence-electron chi connectivity index (χ2n) is 3.58. The molecule has 7 nitrogen and oxygen atoms in total. The number of carbonyl (C=O) groups excluding carboxylic acids is 2. The molecular formula is C9H10N4O3. The lowest BCUT2D eigenvalue weighted by Gasteiger charge is -2.13. The second-order valence-corrected chi connectivity index (χ2v) is 3.58. The number of rotatable bonds is 2. The van der Waals surface area contributed by atoms with Crippen LogP contribution in [0.25, 0.3) is 0 Å². The van der Waals surface area contributed by atoms with Crippen molar-refractivity contribution in [2.45, 2.75) is 6.42 Å². The summed E-state index contributed by atoms with van der Waals surface area (Å²) in [5, 5.41) is 0. The molecule has 2 amide bonds. The maximum atomic E-state index is 11.6. The van der Waals surface area contributed by atoms with E-state index >= 15 is 0 Å². The molecule has 1 unspecified atom stereocenters. The minimum atomic E-state index is -0.513. The largest absolute Gasteiger partial charge is 0.369 e. The highest BCUT2D eigenvalue weighted by molar-refractivity contribution is 5.99. The molecule has 3 N–H and O–H groups in total. The first-order chi connectivity index (χ1) is 7.58. The van der Waals surface area contributed by atoms with Crippen LogP contribution in [0.1, 0.15) is 6.42 Å². The number of hydrogen-bond acceptors (Lipinski definition) is 4. The van der Waals surface area contributed by atoms with E-state index < -0.39 is 11.8 Å². The average Bonchev–Trinajstić information content (AvgIpc) is 2.60. The number of amides is 2. The Morgan fingerprint density at radius 3 is 2.88 bits per heavy atom. The van der Waals surface area contributed by atoms with Crippen LogP contribution in [0, 0.1) is 5.92 Å². The van der Waals surface area contributed by atoms with Crippen molar-refractivity contribution in [2.75, 3.05) is 11.4 Å². The van der Waals surface area contributed by atoms with Gasteiger partial charge in [0.1, 0.15) is 5.82 Å². The van der Waals surface area contributed by atoms with Gasteiger partial charge < -0.3 is 10.7 Å². The number of nitrogens with two attached hydrogens (primary N) is 1. The highest BCUT2D eigenvalue weighted by Gasteiger charge is 2.34. The van der Waals surface area contributed by atoms with Crippen LogP contribution >= 0.6 is 0 Å². The molecule has 2 heterocycles. The van der Waals surface area contributed by atoms with Gasteiger partial charge in [0.05, 0.1) is 12.2 Å². The fourth-order valence-corrected chi connectivity index (χ4v) is 1.63. The highest BCUT2D eigenvalue weighted by Crippen LogP contribution is 2.21. The first kappa shape index (κ1) is 10.3. The summed E-state index contributed by atoms with van der Waals surface area (Å²) in [6, 6.07) is 1.21. The molecule has 84 valence electrons. The number of hydrogen-bond donors (Lipinski definition) is 2. The van der Waals surface area contributed by atoms with Gasteiger partial charge in [0.2, 0.25) is 11.8 Å². The van der Waals surface area contributed by atoms with Crippen molar-refractivity contribution < 1.29 is 9.59 Å². The van der Waals surface area contributed by atoms with E-state index in [0.29, 0.717) is 0 Å². The van der Waals surface area contributed by atoms with Gasteiger partial charge in [-0.2, -0.15) is 0 Å². The average molecular weight is 222 g/mol. The number of nitrogens with one attached hydrogen (secondary N) is 1. The van der Waals surface area contributed by atoms with E-state index in [1.165, 1.54) is 17.3 Å². The summed E-state index contributed by atoms with van der Waals surface area (Å²) >= 11 is 0. The Hall–Kier alpha value is -2.18. The van der Waals surface area contributed by atoms with E-state index in [0.717, 1.165) is 0 Å². The van der Waals surface area contributed by atoms with Crippen molar-refractivity contribution >= 4 is 17.6 Å². The zero-order valence-corrected chi connectivity index (χ0v) is 8.34. The third-order valence-corrected chi connectivity index (χ3v) is 2.47. The number of aromatic amines is 1. The van der Waals surface area contributed by atoms with E-state index in [9.17, 15) is 14.4 Å². The summed E-state index contributed by atoms with van der Waals surface area (Å²) < 4.78 is 0. The predicted molar refractivity (Wildman–Crippen MR) is 54.5 cm³/mol. The fraction of sp³-hybridized carbons (Fsp3) is 0.333. The molecule has 7 heteroatoms. The molecule has 2 rings (SSSR count). The van der Waals surface area contributed by atoms with E-state index in [1.807, 2.05) is 0 Å². The molecule has 0 aliphatic carbocycles. The van der Waals surface area contributed by atoms with Gasteiger partial charge >= 0.3 is 0 Å². The lowest BCUT2D eigenvalue weighted by atomic mass is 10.1. The quantitative estimate of drug-likeness (QED) is 0.641. The molecule has 16 heavy (non-hydrogen) atoms. The molecule has 0 aromatic carbocycles. The number of nitrogens with zero attached hydrogens (tertiary/aromatic N) is 2. The van der Waals surface area contributed by atoms with Gasteiger partial charge in [0, 0.05) is 19.0 Å².